The van der Waals surface area contributed by atoms with E-state index in [-0.39, 0.29) is 11.7 Å². The van der Waals surface area contributed by atoms with Crippen molar-refractivity contribution in [2.24, 2.45) is 0 Å². The Morgan fingerprint density at radius 1 is 1.04 bits per heavy atom. The van der Waals surface area contributed by atoms with Gasteiger partial charge in [0.05, 0.1) is 5.56 Å². The van der Waals surface area contributed by atoms with Crippen molar-refractivity contribution in [1.29, 1.82) is 0 Å². The molecule has 0 aliphatic rings. The number of benzene rings is 2. The van der Waals surface area contributed by atoms with Gasteiger partial charge in [-0.25, -0.2) is 4.98 Å². The quantitative estimate of drug-likeness (QED) is 0.728. The zero-order chi connectivity index (χ0) is 18.5. The van der Waals surface area contributed by atoms with E-state index in [0.29, 0.717) is 17.9 Å². The van der Waals surface area contributed by atoms with Gasteiger partial charge in [-0.1, -0.05) is 29.8 Å². The van der Waals surface area contributed by atoms with Crippen molar-refractivity contribution < 1.29 is 9.53 Å². The first-order valence-corrected chi connectivity index (χ1v) is 8.34. The number of carbonyl (C=O) groups is 1. The van der Waals surface area contributed by atoms with Gasteiger partial charge in [0.25, 0.3) is 5.91 Å². The van der Waals surface area contributed by atoms with E-state index in [1.165, 1.54) is 5.56 Å². The number of aromatic nitrogens is 1. The highest BCUT2D eigenvalue weighted by atomic mass is 16.5. The Kier molecular flexibility index (Phi) is 5.17. The Morgan fingerprint density at radius 3 is 2.38 bits per heavy atom. The number of hydrogen-bond acceptors (Lipinski definition) is 4. The van der Waals surface area contributed by atoms with Crippen molar-refractivity contribution in [2.75, 3.05) is 11.1 Å². The van der Waals surface area contributed by atoms with Crippen LogP contribution >= 0.6 is 0 Å². The number of nitrogens with zero attached hydrogens (tertiary/aromatic N) is 1. The number of nitrogens with one attached hydrogen (secondary N) is 1. The summed E-state index contributed by atoms with van der Waals surface area (Å²) in [5.74, 6) is 0.683. The molecular formula is C21H21N3O2. The largest absolute Gasteiger partial charge is 0.489 e. The first-order chi connectivity index (χ1) is 12.5. The lowest BCUT2D eigenvalue weighted by Crippen LogP contribution is -2.16. The smallest absolute Gasteiger partial charge is 0.259 e. The van der Waals surface area contributed by atoms with Crippen molar-refractivity contribution in [3.05, 3.63) is 83.0 Å². The van der Waals surface area contributed by atoms with E-state index in [1.54, 1.807) is 24.4 Å². The van der Waals surface area contributed by atoms with Crippen molar-refractivity contribution in [3.8, 4) is 5.75 Å². The second-order valence-corrected chi connectivity index (χ2v) is 6.14. The minimum Gasteiger partial charge on any atom is -0.489 e. The van der Waals surface area contributed by atoms with Gasteiger partial charge in [0.1, 0.15) is 18.2 Å². The lowest BCUT2D eigenvalue weighted by Gasteiger charge is -2.11. The van der Waals surface area contributed by atoms with Gasteiger partial charge < -0.3 is 15.8 Å². The molecule has 0 aliphatic heterocycles. The van der Waals surface area contributed by atoms with Crippen LogP contribution in [0, 0.1) is 13.8 Å². The zero-order valence-electron chi connectivity index (χ0n) is 14.8. The van der Waals surface area contributed by atoms with Crippen LogP contribution in [-0.4, -0.2) is 10.9 Å². The number of ether oxygens (including phenoxy) is 1. The maximum Gasteiger partial charge on any atom is 0.259 e. The maximum absolute atomic E-state index is 12.4. The number of pyridine rings is 1. The third-order valence-corrected chi connectivity index (χ3v) is 4.05. The van der Waals surface area contributed by atoms with Crippen LogP contribution in [0.1, 0.15) is 27.0 Å². The summed E-state index contributed by atoms with van der Waals surface area (Å²) in [6.45, 7) is 4.38. The highest BCUT2D eigenvalue weighted by molar-refractivity contribution is 6.08. The van der Waals surface area contributed by atoms with Crippen molar-refractivity contribution in [1.82, 2.24) is 4.98 Å². The van der Waals surface area contributed by atoms with Crippen LogP contribution in [0.15, 0.2) is 60.8 Å². The molecule has 5 heteroatoms. The van der Waals surface area contributed by atoms with Gasteiger partial charge >= 0.3 is 0 Å². The van der Waals surface area contributed by atoms with Crippen LogP contribution in [0.4, 0.5) is 11.5 Å². The molecule has 0 spiro atoms. The second kappa shape index (κ2) is 7.70. The maximum atomic E-state index is 12.4. The minimum absolute atomic E-state index is 0.223. The average molecular weight is 347 g/mol. The highest BCUT2D eigenvalue weighted by Crippen LogP contribution is 2.20. The number of nitrogen functional groups attached to an aromatic ring is 1. The minimum atomic E-state index is -0.276. The molecular weight excluding hydrogens is 326 g/mol. The fraction of sp³-hybridized carbons (Fsp3) is 0.143. The number of rotatable bonds is 5. The SMILES string of the molecule is Cc1ccc(COc2ccc(NC(=O)c3c(C)ccnc3N)cc2)cc1. The molecule has 0 aliphatic carbocycles. The van der Waals surface area contributed by atoms with E-state index in [0.717, 1.165) is 16.9 Å². The molecule has 0 fully saturated rings. The molecule has 0 saturated carbocycles. The molecule has 0 unspecified atom stereocenters. The van der Waals surface area contributed by atoms with Gasteiger partial charge in [-0.3, -0.25) is 4.79 Å². The van der Waals surface area contributed by atoms with Gasteiger partial charge in [0.2, 0.25) is 0 Å². The number of nitrogens with two attached hydrogens (primary N) is 1. The second-order valence-electron chi connectivity index (χ2n) is 6.14. The summed E-state index contributed by atoms with van der Waals surface area (Å²) in [7, 11) is 0. The van der Waals surface area contributed by atoms with Crippen LogP contribution in [0.2, 0.25) is 0 Å². The standard InChI is InChI=1S/C21H21N3O2/c1-14-3-5-16(6-4-14)13-26-18-9-7-17(8-10-18)24-21(25)19-15(2)11-12-23-20(19)22/h3-12H,13H2,1-2H3,(H2,22,23)(H,24,25). The Morgan fingerprint density at radius 2 is 1.73 bits per heavy atom. The number of carbonyl (C=O) groups excluding carboxylic acids is 1. The van der Waals surface area contributed by atoms with Crippen LogP contribution in [0.3, 0.4) is 0 Å². The molecule has 1 heterocycles. The van der Waals surface area contributed by atoms with Gasteiger partial charge in [0, 0.05) is 11.9 Å². The molecule has 1 aromatic heterocycles. The fourth-order valence-corrected chi connectivity index (χ4v) is 2.55. The Hall–Kier alpha value is -3.34. The van der Waals surface area contributed by atoms with Gasteiger partial charge in [0.15, 0.2) is 0 Å². The normalized spacial score (nSPS) is 10.4. The lowest BCUT2D eigenvalue weighted by atomic mass is 10.1. The molecule has 0 saturated heterocycles. The molecule has 0 radical (unpaired) electrons. The zero-order valence-corrected chi connectivity index (χ0v) is 14.8. The monoisotopic (exact) mass is 347 g/mol. The molecule has 2 aromatic carbocycles. The Bertz CT molecular complexity index is 883. The molecule has 5 nitrogen and oxygen atoms in total. The number of aryl methyl sites for hydroxylation is 2. The molecule has 0 atom stereocenters. The van der Waals surface area contributed by atoms with Crippen LogP contribution < -0.4 is 15.8 Å². The number of amides is 1. The van der Waals surface area contributed by atoms with E-state index in [1.807, 2.05) is 31.2 Å². The summed E-state index contributed by atoms with van der Waals surface area (Å²) in [6, 6.07) is 17.2. The molecule has 3 N–H and O–H groups in total. The van der Waals surface area contributed by atoms with E-state index < -0.39 is 0 Å². The molecule has 0 bridgehead atoms. The lowest BCUT2D eigenvalue weighted by molar-refractivity contribution is 0.102. The van der Waals surface area contributed by atoms with Crippen LogP contribution in [0.25, 0.3) is 0 Å². The fourth-order valence-electron chi connectivity index (χ4n) is 2.55. The van der Waals surface area contributed by atoms with Gasteiger partial charge in [-0.2, -0.15) is 0 Å². The molecule has 132 valence electrons. The Balaban J connectivity index is 1.62. The van der Waals surface area contributed by atoms with E-state index in [2.05, 4.69) is 29.4 Å². The predicted octanol–water partition coefficient (Wildman–Crippen LogP) is 4.11. The van der Waals surface area contributed by atoms with Crippen molar-refractivity contribution in [2.45, 2.75) is 20.5 Å². The summed E-state index contributed by atoms with van der Waals surface area (Å²) < 4.78 is 5.77. The summed E-state index contributed by atoms with van der Waals surface area (Å²) in [5.41, 5.74) is 9.99. The third kappa shape index (κ3) is 4.19. The molecule has 3 aromatic rings. The van der Waals surface area contributed by atoms with Crippen molar-refractivity contribution in [3.63, 3.8) is 0 Å². The summed E-state index contributed by atoms with van der Waals surface area (Å²) in [4.78, 5) is 16.4. The average Bonchev–Trinajstić information content (AvgIpc) is 2.62. The van der Waals surface area contributed by atoms with Gasteiger partial charge in [-0.15, -0.1) is 0 Å². The van der Waals surface area contributed by atoms with E-state index in [9.17, 15) is 4.79 Å². The van der Waals surface area contributed by atoms with Crippen LogP contribution in [0.5, 0.6) is 5.75 Å². The van der Waals surface area contributed by atoms with Crippen molar-refractivity contribution >= 4 is 17.4 Å². The molecule has 1 amide bonds. The first kappa shape index (κ1) is 17.5. The summed E-state index contributed by atoms with van der Waals surface area (Å²) in [5, 5.41) is 2.83. The Labute approximate surface area is 152 Å². The van der Waals surface area contributed by atoms with Crippen LogP contribution in [-0.2, 0) is 6.61 Å². The number of anilines is 2. The third-order valence-electron chi connectivity index (χ3n) is 4.05. The van der Waals surface area contributed by atoms with E-state index >= 15 is 0 Å². The summed E-state index contributed by atoms with van der Waals surface area (Å²) in [6.07, 6.45) is 1.58. The van der Waals surface area contributed by atoms with E-state index in [4.69, 9.17) is 10.5 Å². The highest BCUT2D eigenvalue weighted by Gasteiger charge is 2.13. The molecule has 3 rings (SSSR count). The summed E-state index contributed by atoms with van der Waals surface area (Å²) >= 11 is 0. The topological polar surface area (TPSA) is 77.2 Å². The molecule has 26 heavy (non-hydrogen) atoms. The van der Waals surface area contributed by atoms with Gasteiger partial charge in [-0.05, 0) is 55.3 Å². The number of hydrogen-bond donors (Lipinski definition) is 2. The predicted molar refractivity (Wildman–Crippen MR) is 103 cm³/mol. The first-order valence-electron chi connectivity index (χ1n) is 8.34.